The molecule has 5 nitrogen and oxygen atoms in total. The smallest absolute Gasteiger partial charge is 0.239 e. The molecule has 1 aromatic rings. The highest BCUT2D eigenvalue weighted by Gasteiger charge is 2.21. The molecule has 0 spiro atoms. The lowest BCUT2D eigenvalue weighted by Crippen LogP contribution is -2.44. The molecular formula is C15H22ClN3O2. The summed E-state index contributed by atoms with van der Waals surface area (Å²) in [5.41, 5.74) is 1.19. The summed E-state index contributed by atoms with van der Waals surface area (Å²) in [5, 5.41) is 8.56. The molecule has 0 bridgehead atoms. The molecule has 1 aliphatic rings. The van der Waals surface area contributed by atoms with Crippen LogP contribution in [0.4, 0.5) is 0 Å². The molecule has 21 heavy (non-hydrogen) atoms. The third kappa shape index (κ3) is 6.14. The SMILES string of the molecule is Cl.O=C(CNC(=O)C1CCCN1)NCCc1ccccc1. The van der Waals surface area contributed by atoms with Crippen LogP contribution < -0.4 is 16.0 Å². The Morgan fingerprint density at radius 1 is 1.19 bits per heavy atom. The van der Waals surface area contributed by atoms with E-state index in [-0.39, 0.29) is 36.8 Å². The molecule has 1 heterocycles. The van der Waals surface area contributed by atoms with Crippen LogP contribution in [0.15, 0.2) is 30.3 Å². The average molecular weight is 312 g/mol. The Hall–Kier alpha value is -1.59. The van der Waals surface area contributed by atoms with Crippen molar-refractivity contribution in [1.29, 1.82) is 0 Å². The topological polar surface area (TPSA) is 70.2 Å². The zero-order chi connectivity index (χ0) is 14.2. The molecule has 6 heteroatoms. The number of amides is 2. The standard InChI is InChI=1S/C15H21N3O2.ClH/c19-14(11-18-15(20)13-7-4-9-16-13)17-10-8-12-5-2-1-3-6-12;/h1-3,5-6,13,16H,4,7-11H2,(H,17,19)(H,18,20);1H. The van der Waals surface area contributed by atoms with Crippen molar-refractivity contribution in [1.82, 2.24) is 16.0 Å². The summed E-state index contributed by atoms with van der Waals surface area (Å²) in [6, 6.07) is 9.85. The fourth-order valence-corrected chi connectivity index (χ4v) is 2.25. The number of hydrogen-bond acceptors (Lipinski definition) is 3. The van der Waals surface area contributed by atoms with Crippen LogP contribution in [0.2, 0.25) is 0 Å². The number of carbonyl (C=O) groups excluding carboxylic acids is 2. The van der Waals surface area contributed by atoms with Gasteiger partial charge < -0.3 is 16.0 Å². The third-order valence-electron chi connectivity index (χ3n) is 3.38. The first kappa shape index (κ1) is 17.5. The van der Waals surface area contributed by atoms with E-state index in [9.17, 15) is 9.59 Å². The number of rotatable bonds is 6. The molecule has 0 saturated carbocycles. The van der Waals surface area contributed by atoms with Crippen molar-refractivity contribution in [2.45, 2.75) is 25.3 Å². The third-order valence-corrected chi connectivity index (χ3v) is 3.38. The van der Waals surface area contributed by atoms with E-state index in [2.05, 4.69) is 16.0 Å². The molecule has 0 aromatic heterocycles. The first-order valence-electron chi connectivity index (χ1n) is 7.07. The van der Waals surface area contributed by atoms with Crippen LogP contribution in [0.25, 0.3) is 0 Å². The lowest BCUT2D eigenvalue weighted by atomic mass is 10.1. The quantitative estimate of drug-likeness (QED) is 0.722. The number of benzene rings is 1. The molecule has 1 aromatic carbocycles. The van der Waals surface area contributed by atoms with Crippen molar-refractivity contribution in [3.8, 4) is 0 Å². The predicted molar refractivity (Wildman–Crippen MR) is 84.4 cm³/mol. The van der Waals surface area contributed by atoms with Crippen molar-refractivity contribution in [2.24, 2.45) is 0 Å². The number of halogens is 1. The fraction of sp³-hybridized carbons (Fsp3) is 0.467. The molecule has 0 aliphatic carbocycles. The van der Waals surface area contributed by atoms with Crippen LogP contribution in [-0.2, 0) is 16.0 Å². The number of hydrogen-bond donors (Lipinski definition) is 3. The summed E-state index contributed by atoms with van der Waals surface area (Å²) < 4.78 is 0. The molecular weight excluding hydrogens is 290 g/mol. The van der Waals surface area contributed by atoms with E-state index in [0.29, 0.717) is 6.54 Å². The van der Waals surface area contributed by atoms with Crippen LogP contribution in [0.3, 0.4) is 0 Å². The van der Waals surface area contributed by atoms with Crippen molar-refractivity contribution >= 4 is 24.2 Å². The van der Waals surface area contributed by atoms with E-state index < -0.39 is 0 Å². The van der Waals surface area contributed by atoms with E-state index in [1.807, 2.05) is 30.3 Å². The van der Waals surface area contributed by atoms with E-state index in [0.717, 1.165) is 25.8 Å². The van der Waals surface area contributed by atoms with Gasteiger partial charge in [-0.25, -0.2) is 0 Å². The Kier molecular flexibility index (Phi) is 7.79. The van der Waals surface area contributed by atoms with Gasteiger partial charge in [0.1, 0.15) is 0 Å². The Morgan fingerprint density at radius 2 is 1.95 bits per heavy atom. The van der Waals surface area contributed by atoms with Crippen molar-refractivity contribution in [3.63, 3.8) is 0 Å². The van der Waals surface area contributed by atoms with Gasteiger partial charge >= 0.3 is 0 Å². The predicted octanol–water partition coefficient (Wildman–Crippen LogP) is 0.635. The van der Waals surface area contributed by atoms with Crippen LogP contribution >= 0.6 is 12.4 Å². The van der Waals surface area contributed by atoms with Gasteiger partial charge in [0, 0.05) is 6.54 Å². The maximum Gasteiger partial charge on any atom is 0.239 e. The molecule has 3 N–H and O–H groups in total. The molecule has 1 fully saturated rings. The van der Waals surface area contributed by atoms with Crippen LogP contribution in [0.1, 0.15) is 18.4 Å². The largest absolute Gasteiger partial charge is 0.354 e. The summed E-state index contributed by atoms with van der Waals surface area (Å²) in [5.74, 6) is -0.229. The van der Waals surface area contributed by atoms with Crippen LogP contribution in [-0.4, -0.2) is 37.5 Å². The van der Waals surface area contributed by atoms with Gasteiger partial charge in [0.05, 0.1) is 12.6 Å². The molecule has 1 aliphatic heterocycles. The van der Waals surface area contributed by atoms with Gasteiger partial charge in [-0.1, -0.05) is 30.3 Å². The first-order chi connectivity index (χ1) is 9.75. The maximum absolute atomic E-state index is 11.7. The van der Waals surface area contributed by atoms with Gasteiger partial charge in [-0.05, 0) is 31.4 Å². The van der Waals surface area contributed by atoms with E-state index in [1.54, 1.807) is 0 Å². The molecule has 1 saturated heterocycles. The first-order valence-corrected chi connectivity index (χ1v) is 7.07. The van der Waals surface area contributed by atoms with Gasteiger partial charge in [0.15, 0.2) is 0 Å². The molecule has 1 atom stereocenters. The Bertz CT molecular complexity index is 447. The monoisotopic (exact) mass is 311 g/mol. The molecule has 2 amide bonds. The van der Waals surface area contributed by atoms with E-state index in [4.69, 9.17) is 0 Å². The van der Waals surface area contributed by atoms with Crippen molar-refractivity contribution in [3.05, 3.63) is 35.9 Å². The Balaban J connectivity index is 0.00000220. The zero-order valence-electron chi connectivity index (χ0n) is 11.9. The molecule has 2 rings (SSSR count). The second kappa shape index (κ2) is 9.37. The fourth-order valence-electron chi connectivity index (χ4n) is 2.25. The van der Waals surface area contributed by atoms with Crippen LogP contribution in [0, 0.1) is 0 Å². The summed E-state index contributed by atoms with van der Waals surface area (Å²) >= 11 is 0. The lowest BCUT2D eigenvalue weighted by molar-refractivity contribution is -0.127. The van der Waals surface area contributed by atoms with Gasteiger partial charge in [0.25, 0.3) is 0 Å². The van der Waals surface area contributed by atoms with Gasteiger partial charge in [-0.15, -0.1) is 12.4 Å². The zero-order valence-corrected chi connectivity index (χ0v) is 12.7. The van der Waals surface area contributed by atoms with Crippen LogP contribution in [0.5, 0.6) is 0 Å². The van der Waals surface area contributed by atoms with Gasteiger partial charge in [-0.3, -0.25) is 9.59 Å². The summed E-state index contributed by atoms with van der Waals surface area (Å²) in [4.78, 5) is 23.3. The van der Waals surface area contributed by atoms with E-state index >= 15 is 0 Å². The van der Waals surface area contributed by atoms with Gasteiger partial charge in [-0.2, -0.15) is 0 Å². The average Bonchev–Trinajstić information content (AvgIpc) is 3.00. The number of nitrogens with one attached hydrogen (secondary N) is 3. The lowest BCUT2D eigenvalue weighted by Gasteiger charge is -2.11. The minimum atomic E-state index is -0.146. The van der Waals surface area contributed by atoms with Crippen molar-refractivity contribution < 1.29 is 9.59 Å². The minimum Gasteiger partial charge on any atom is -0.354 e. The second-order valence-corrected chi connectivity index (χ2v) is 4.95. The normalized spacial score (nSPS) is 16.9. The number of carbonyl (C=O) groups is 2. The maximum atomic E-state index is 11.7. The molecule has 116 valence electrons. The Morgan fingerprint density at radius 3 is 2.62 bits per heavy atom. The highest BCUT2D eigenvalue weighted by atomic mass is 35.5. The van der Waals surface area contributed by atoms with Gasteiger partial charge in [0.2, 0.25) is 11.8 Å². The summed E-state index contributed by atoms with van der Waals surface area (Å²) in [7, 11) is 0. The molecule has 1 unspecified atom stereocenters. The summed E-state index contributed by atoms with van der Waals surface area (Å²) in [6.45, 7) is 1.51. The highest BCUT2D eigenvalue weighted by Crippen LogP contribution is 2.04. The van der Waals surface area contributed by atoms with E-state index in [1.165, 1.54) is 5.56 Å². The van der Waals surface area contributed by atoms with Crippen molar-refractivity contribution in [2.75, 3.05) is 19.6 Å². The summed E-state index contributed by atoms with van der Waals surface area (Å²) in [6.07, 6.45) is 2.66. The second-order valence-electron chi connectivity index (χ2n) is 4.95. The Labute approximate surface area is 131 Å². The minimum absolute atomic E-state index is 0. The molecule has 0 radical (unpaired) electrons. The highest BCUT2D eigenvalue weighted by molar-refractivity contribution is 5.87.